The first-order chi connectivity index (χ1) is 19.9. The van der Waals surface area contributed by atoms with Gasteiger partial charge < -0.3 is 22.9 Å². The smallest absolute Gasteiger partial charge is 0.0314 e. The fourth-order valence-electron chi connectivity index (χ4n) is 9.30. The number of nitrogens with two attached hydrogens (primary N) is 4. The third-order valence-electron chi connectivity index (χ3n) is 10.9. The van der Waals surface area contributed by atoms with E-state index in [9.17, 15) is 0 Å². The van der Waals surface area contributed by atoms with Gasteiger partial charge in [0.25, 0.3) is 0 Å². The van der Waals surface area contributed by atoms with Gasteiger partial charge in [0.05, 0.1) is 0 Å². The van der Waals surface area contributed by atoms with Crippen molar-refractivity contribution in [3.63, 3.8) is 0 Å². The minimum atomic E-state index is 0.368. The minimum absolute atomic E-state index is 0.368. The molecule has 0 aromatic heterocycles. The number of hydrogen-bond donors (Lipinski definition) is 4. The van der Waals surface area contributed by atoms with Crippen molar-refractivity contribution in [3.05, 3.63) is 119 Å². The average Bonchev–Trinajstić information content (AvgIpc) is 3.69. The van der Waals surface area contributed by atoms with E-state index in [-0.39, 0.29) is 0 Å². The molecule has 8 N–H and O–H groups in total. The topological polar surface area (TPSA) is 104 Å². The van der Waals surface area contributed by atoms with Gasteiger partial charge >= 0.3 is 0 Å². The van der Waals surface area contributed by atoms with Crippen LogP contribution in [0.15, 0.2) is 97.1 Å². The number of fused-ring (bicyclic) bond motifs is 5. The van der Waals surface area contributed by atoms with E-state index in [1.807, 2.05) is 24.3 Å². The van der Waals surface area contributed by atoms with Gasteiger partial charge in [-0.3, -0.25) is 0 Å². The Morgan fingerprint density at radius 2 is 0.951 bits per heavy atom. The van der Waals surface area contributed by atoms with Gasteiger partial charge in [-0.2, -0.15) is 0 Å². The molecule has 0 saturated heterocycles. The maximum absolute atomic E-state index is 6.09. The molecule has 0 aliphatic heterocycles. The predicted octanol–water partition coefficient (Wildman–Crippen LogP) is 7.67. The fourth-order valence-corrected chi connectivity index (χ4v) is 9.30. The van der Waals surface area contributed by atoms with Crippen LogP contribution < -0.4 is 22.9 Å². The number of rotatable bonds is 7. The van der Waals surface area contributed by atoms with E-state index in [0.29, 0.717) is 17.8 Å². The highest BCUT2D eigenvalue weighted by Crippen LogP contribution is 2.66. The van der Waals surface area contributed by atoms with Crippen molar-refractivity contribution in [1.82, 2.24) is 0 Å². The largest absolute Gasteiger partial charge is 0.399 e. The van der Waals surface area contributed by atoms with Crippen LogP contribution >= 0.6 is 0 Å². The quantitative estimate of drug-likeness (QED) is 0.180. The summed E-state index contributed by atoms with van der Waals surface area (Å²) < 4.78 is 0. The Morgan fingerprint density at radius 1 is 0.512 bits per heavy atom. The van der Waals surface area contributed by atoms with E-state index >= 15 is 0 Å². The number of anilines is 4. The molecule has 0 heterocycles. The van der Waals surface area contributed by atoms with Gasteiger partial charge in [-0.15, -0.1) is 0 Å². The van der Waals surface area contributed by atoms with Crippen molar-refractivity contribution < 1.29 is 0 Å². The Morgan fingerprint density at radius 3 is 1.41 bits per heavy atom. The first-order valence-electron chi connectivity index (χ1n) is 15.4. The summed E-state index contributed by atoms with van der Waals surface area (Å²) in [6, 6.07) is 34.4. The predicted molar refractivity (Wildman–Crippen MR) is 171 cm³/mol. The summed E-state index contributed by atoms with van der Waals surface area (Å²) in [4.78, 5) is 0. The monoisotopic (exact) mass is 542 g/mol. The maximum Gasteiger partial charge on any atom is 0.0314 e. The molecule has 6 unspecified atom stereocenters. The van der Waals surface area contributed by atoms with E-state index in [0.717, 1.165) is 52.3 Å². The molecule has 4 heteroatoms. The van der Waals surface area contributed by atoms with Gasteiger partial charge in [0.15, 0.2) is 0 Å². The van der Waals surface area contributed by atoms with Crippen LogP contribution in [0.4, 0.5) is 22.7 Å². The van der Waals surface area contributed by atoms with Crippen LogP contribution in [0.3, 0.4) is 0 Å². The van der Waals surface area contributed by atoms with Gasteiger partial charge in [0.1, 0.15) is 0 Å². The van der Waals surface area contributed by atoms with Crippen molar-refractivity contribution in [1.29, 1.82) is 0 Å². The van der Waals surface area contributed by atoms with E-state index in [1.165, 1.54) is 54.4 Å². The molecule has 3 saturated carbocycles. The molecular weight excluding hydrogens is 500 g/mol. The SMILES string of the molecule is Nc1ccc(C(CC2CCC3C4CC(CC4C(c4ccc(N)cc4)c4ccc(N)cc4)C23)c2ccc(N)cc2)cc1. The van der Waals surface area contributed by atoms with Gasteiger partial charge in [0, 0.05) is 34.6 Å². The Hall–Kier alpha value is -3.92. The summed E-state index contributed by atoms with van der Waals surface area (Å²) in [5.74, 6) is 5.43. The molecule has 6 atom stereocenters. The highest BCUT2D eigenvalue weighted by molar-refractivity contribution is 5.48. The lowest BCUT2D eigenvalue weighted by Crippen LogP contribution is -2.31. The molecule has 210 valence electrons. The summed E-state index contributed by atoms with van der Waals surface area (Å²) in [5, 5.41) is 0. The molecule has 41 heavy (non-hydrogen) atoms. The van der Waals surface area contributed by atoms with Crippen molar-refractivity contribution in [2.75, 3.05) is 22.9 Å². The Bertz CT molecular complexity index is 1390. The van der Waals surface area contributed by atoms with Crippen LogP contribution in [0, 0.1) is 35.5 Å². The first-order valence-corrected chi connectivity index (χ1v) is 15.4. The number of benzene rings is 4. The third-order valence-corrected chi connectivity index (χ3v) is 10.9. The second-order valence-corrected chi connectivity index (χ2v) is 13.1. The van der Waals surface area contributed by atoms with E-state index in [1.54, 1.807) is 0 Å². The second-order valence-electron chi connectivity index (χ2n) is 13.1. The van der Waals surface area contributed by atoms with E-state index < -0.39 is 0 Å². The summed E-state index contributed by atoms with van der Waals surface area (Å²) >= 11 is 0. The van der Waals surface area contributed by atoms with Crippen LogP contribution in [-0.4, -0.2) is 0 Å². The normalized spacial score (nSPS) is 26.6. The van der Waals surface area contributed by atoms with Crippen molar-refractivity contribution >= 4 is 22.7 Å². The summed E-state index contributed by atoms with van der Waals surface area (Å²) in [5.41, 5.74) is 33.1. The molecular formula is C37H42N4. The van der Waals surface area contributed by atoms with Crippen LogP contribution in [0.2, 0.25) is 0 Å². The molecule has 4 aromatic carbocycles. The molecule has 3 fully saturated rings. The van der Waals surface area contributed by atoms with Gasteiger partial charge in [-0.1, -0.05) is 48.5 Å². The highest BCUT2D eigenvalue weighted by atomic mass is 14.6. The third kappa shape index (κ3) is 4.84. The van der Waals surface area contributed by atoms with Gasteiger partial charge in [-0.25, -0.2) is 0 Å². The Labute approximate surface area is 244 Å². The summed E-state index contributed by atoms with van der Waals surface area (Å²) in [6.07, 6.45) is 6.59. The van der Waals surface area contributed by atoms with E-state index in [2.05, 4.69) is 72.8 Å². The van der Waals surface area contributed by atoms with Crippen LogP contribution in [0.5, 0.6) is 0 Å². The molecule has 0 radical (unpaired) electrons. The van der Waals surface area contributed by atoms with Crippen LogP contribution in [-0.2, 0) is 0 Å². The molecule has 2 bridgehead atoms. The Kier molecular flexibility index (Phi) is 6.65. The molecule has 4 aromatic rings. The lowest BCUT2D eigenvalue weighted by molar-refractivity contribution is 0.145. The zero-order valence-electron chi connectivity index (χ0n) is 23.7. The highest BCUT2D eigenvalue weighted by Gasteiger charge is 2.58. The van der Waals surface area contributed by atoms with E-state index in [4.69, 9.17) is 22.9 Å². The second kappa shape index (κ2) is 10.5. The standard InChI is InChI=1S/C37H42N4/c38-28-10-1-22(2-11-28)33(23-3-12-29(39)13-4-23)19-26-9-18-32-34-20-27(37(26)32)21-35(34)36(24-5-14-30(40)15-6-24)25-7-16-31(41)17-8-25/h1-8,10-17,26-27,32-37H,9,18-21,38-41H2. The first kappa shape index (κ1) is 26.0. The van der Waals surface area contributed by atoms with Crippen molar-refractivity contribution in [2.45, 2.75) is 43.9 Å². The van der Waals surface area contributed by atoms with Crippen molar-refractivity contribution in [2.24, 2.45) is 35.5 Å². The lowest BCUT2D eigenvalue weighted by Gasteiger charge is -2.39. The van der Waals surface area contributed by atoms with Crippen LogP contribution in [0.1, 0.15) is 66.2 Å². The minimum Gasteiger partial charge on any atom is -0.399 e. The number of hydrogen-bond acceptors (Lipinski definition) is 4. The molecule has 7 rings (SSSR count). The zero-order valence-corrected chi connectivity index (χ0v) is 23.7. The van der Waals surface area contributed by atoms with Gasteiger partial charge in [0.2, 0.25) is 0 Å². The zero-order chi connectivity index (χ0) is 28.1. The Balaban J connectivity index is 1.16. The summed E-state index contributed by atoms with van der Waals surface area (Å²) in [6.45, 7) is 0. The number of nitrogen functional groups attached to an aromatic ring is 4. The molecule has 4 nitrogen and oxygen atoms in total. The van der Waals surface area contributed by atoms with Crippen molar-refractivity contribution in [3.8, 4) is 0 Å². The molecule has 0 amide bonds. The molecule has 0 spiro atoms. The maximum atomic E-state index is 6.09. The summed E-state index contributed by atoms with van der Waals surface area (Å²) in [7, 11) is 0. The molecule has 3 aliphatic rings. The van der Waals surface area contributed by atoms with Crippen LogP contribution in [0.25, 0.3) is 0 Å². The fraction of sp³-hybridized carbons (Fsp3) is 0.351. The lowest BCUT2D eigenvalue weighted by atomic mass is 9.65. The molecule has 3 aliphatic carbocycles. The average molecular weight is 543 g/mol. The van der Waals surface area contributed by atoms with Gasteiger partial charge in [-0.05, 0) is 138 Å².